The van der Waals surface area contributed by atoms with E-state index in [1.807, 2.05) is 7.05 Å². The maximum absolute atomic E-state index is 11.5. The largest absolute Gasteiger partial charge is 0.347 e. The average molecular weight is 250 g/mol. The van der Waals surface area contributed by atoms with Crippen LogP contribution in [0.5, 0.6) is 0 Å². The van der Waals surface area contributed by atoms with Crippen LogP contribution < -0.4 is 16.0 Å². The van der Waals surface area contributed by atoms with Crippen molar-refractivity contribution < 1.29 is 9.59 Å². The molecular weight excluding hydrogens is 232 g/mol. The molecule has 2 amide bonds. The second-order valence-electron chi connectivity index (χ2n) is 3.77. The zero-order chi connectivity index (χ0) is 13.2. The Morgan fingerprint density at radius 3 is 2.83 bits per heavy atom. The number of hydrogen-bond acceptors (Lipinski definition) is 4. The van der Waals surface area contributed by atoms with Gasteiger partial charge in [-0.05, 0) is 32.1 Å². The van der Waals surface area contributed by atoms with Gasteiger partial charge in [-0.2, -0.15) is 0 Å². The van der Waals surface area contributed by atoms with Crippen LogP contribution in [0.3, 0.4) is 0 Å². The number of nitrogens with one attached hydrogen (secondary N) is 3. The van der Waals surface area contributed by atoms with Crippen molar-refractivity contribution in [2.75, 3.05) is 25.5 Å². The Morgan fingerprint density at radius 2 is 2.17 bits per heavy atom. The molecule has 1 aromatic rings. The molecule has 0 saturated carbocycles. The molecular formula is C12H18N4O2. The number of anilines is 1. The Hall–Kier alpha value is -1.95. The van der Waals surface area contributed by atoms with Gasteiger partial charge in [0.25, 0.3) is 0 Å². The van der Waals surface area contributed by atoms with Crippen molar-refractivity contribution in [2.24, 2.45) is 0 Å². The number of carbonyl (C=O) groups excluding carboxylic acids is 2. The van der Waals surface area contributed by atoms with Crippen molar-refractivity contribution in [3.8, 4) is 0 Å². The van der Waals surface area contributed by atoms with E-state index in [0.29, 0.717) is 12.1 Å². The van der Waals surface area contributed by atoms with E-state index in [-0.39, 0.29) is 18.4 Å². The third kappa shape index (κ3) is 5.95. The first-order valence-electron chi connectivity index (χ1n) is 5.83. The summed E-state index contributed by atoms with van der Waals surface area (Å²) in [5, 5.41) is 8.15. The predicted octanol–water partition coefficient (Wildman–Crippen LogP) is 0.136. The lowest BCUT2D eigenvalue weighted by Gasteiger charge is -2.06. The molecule has 0 aliphatic carbocycles. The van der Waals surface area contributed by atoms with Gasteiger partial charge in [-0.1, -0.05) is 0 Å². The topological polar surface area (TPSA) is 83.1 Å². The molecule has 98 valence electrons. The average Bonchev–Trinajstić information content (AvgIpc) is 2.38. The van der Waals surface area contributed by atoms with Crippen molar-refractivity contribution in [3.05, 3.63) is 24.5 Å². The lowest BCUT2D eigenvalue weighted by molar-refractivity contribution is -0.124. The molecule has 3 N–H and O–H groups in total. The minimum Gasteiger partial charge on any atom is -0.347 e. The van der Waals surface area contributed by atoms with Crippen molar-refractivity contribution >= 4 is 17.5 Å². The van der Waals surface area contributed by atoms with Crippen LogP contribution in [-0.4, -0.2) is 36.9 Å². The van der Waals surface area contributed by atoms with Crippen LogP contribution in [0.1, 0.15) is 12.8 Å². The maximum atomic E-state index is 11.5. The molecule has 0 spiro atoms. The number of carbonyl (C=O) groups is 2. The first-order valence-corrected chi connectivity index (χ1v) is 5.83. The first kappa shape index (κ1) is 14.1. The molecule has 0 aromatic carbocycles. The van der Waals surface area contributed by atoms with Crippen LogP contribution in [-0.2, 0) is 9.59 Å². The molecule has 0 unspecified atom stereocenters. The van der Waals surface area contributed by atoms with Gasteiger partial charge in [-0.25, -0.2) is 0 Å². The molecule has 0 aliphatic heterocycles. The number of rotatable bonds is 7. The number of pyridine rings is 1. The van der Waals surface area contributed by atoms with E-state index in [0.717, 1.165) is 13.0 Å². The number of hydrogen-bond donors (Lipinski definition) is 3. The monoisotopic (exact) mass is 250 g/mol. The highest BCUT2D eigenvalue weighted by Gasteiger charge is 2.05. The summed E-state index contributed by atoms with van der Waals surface area (Å²) in [6, 6.07) is 3.46. The fourth-order valence-corrected chi connectivity index (χ4v) is 1.33. The number of nitrogens with zero attached hydrogens (tertiary/aromatic N) is 1. The summed E-state index contributed by atoms with van der Waals surface area (Å²) in [5.74, 6) is -0.378. The van der Waals surface area contributed by atoms with Crippen molar-refractivity contribution in [1.82, 2.24) is 15.6 Å². The van der Waals surface area contributed by atoms with Gasteiger partial charge in [-0.3, -0.25) is 14.6 Å². The van der Waals surface area contributed by atoms with E-state index >= 15 is 0 Å². The smallest absolute Gasteiger partial charge is 0.243 e. The summed E-state index contributed by atoms with van der Waals surface area (Å²) in [6.45, 7) is 0.766. The lowest BCUT2D eigenvalue weighted by atomic mass is 10.3. The summed E-state index contributed by atoms with van der Waals surface area (Å²) in [7, 11) is 1.83. The summed E-state index contributed by atoms with van der Waals surface area (Å²) in [5.41, 5.74) is 0.618. The van der Waals surface area contributed by atoms with Crippen molar-refractivity contribution in [3.63, 3.8) is 0 Å². The summed E-state index contributed by atoms with van der Waals surface area (Å²) < 4.78 is 0. The molecule has 0 fully saturated rings. The Morgan fingerprint density at radius 1 is 1.33 bits per heavy atom. The van der Waals surface area contributed by atoms with Gasteiger partial charge in [-0.15, -0.1) is 0 Å². The van der Waals surface area contributed by atoms with E-state index in [1.54, 1.807) is 24.5 Å². The van der Waals surface area contributed by atoms with E-state index < -0.39 is 0 Å². The second-order valence-corrected chi connectivity index (χ2v) is 3.77. The zero-order valence-corrected chi connectivity index (χ0v) is 10.4. The maximum Gasteiger partial charge on any atom is 0.243 e. The van der Waals surface area contributed by atoms with Crippen LogP contribution in [0.15, 0.2) is 24.5 Å². The highest BCUT2D eigenvalue weighted by molar-refractivity contribution is 5.94. The third-order valence-electron chi connectivity index (χ3n) is 2.22. The summed E-state index contributed by atoms with van der Waals surface area (Å²) in [4.78, 5) is 26.7. The molecule has 1 aromatic heterocycles. The summed E-state index contributed by atoms with van der Waals surface area (Å²) >= 11 is 0. The van der Waals surface area contributed by atoms with E-state index in [9.17, 15) is 9.59 Å². The molecule has 1 rings (SSSR count). The Balaban J connectivity index is 2.19. The molecule has 0 bridgehead atoms. The number of amides is 2. The van der Waals surface area contributed by atoms with Crippen LogP contribution >= 0.6 is 0 Å². The first-order chi connectivity index (χ1) is 8.72. The minimum atomic E-state index is -0.259. The van der Waals surface area contributed by atoms with Crippen LogP contribution in [0.4, 0.5) is 5.69 Å². The van der Waals surface area contributed by atoms with Crippen molar-refractivity contribution in [1.29, 1.82) is 0 Å². The Bertz CT molecular complexity index is 381. The van der Waals surface area contributed by atoms with Crippen LogP contribution in [0, 0.1) is 0 Å². The van der Waals surface area contributed by atoms with Gasteiger partial charge >= 0.3 is 0 Å². The fourth-order valence-electron chi connectivity index (χ4n) is 1.33. The van der Waals surface area contributed by atoms with E-state index in [4.69, 9.17) is 0 Å². The Labute approximate surface area is 106 Å². The highest BCUT2D eigenvalue weighted by Crippen LogP contribution is 2.01. The highest BCUT2D eigenvalue weighted by atomic mass is 16.2. The molecule has 0 atom stereocenters. The molecule has 0 aliphatic rings. The standard InChI is InChI=1S/C12H18N4O2/c1-13-6-3-5-11(17)15-9-12(18)16-10-4-2-7-14-8-10/h2,4,7-8,13H,3,5-6,9H2,1H3,(H,15,17)(H,16,18). The molecule has 6 nitrogen and oxygen atoms in total. The molecule has 6 heteroatoms. The molecule has 18 heavy (non-hydrogen) atoms. The van der Waals surface area contributed by atoms with Crippen molar-refractivity contribution in [2.45, 2.75) is 12.8 Å². The number of aromatic nitrogens is 1. The third-order valence-corrected chi connectivity index (χ3v) is 2.22. The van der Waals surface area contributed by atoms with E-state index in [2.05, 4.69) is 20.9 Å². The van der Waals surface area contributed by atoms with Crippen LogP contribution in [0.2, 0.25) is 0 Å². The van der Waals surface area contributed by atoms with Gasteiger partial charge in [0.2, 0.25) is 11.8 Å². The fraction of sp³-hybridized carbons (Fsp3) is 0.417. The molecule has 0 radical (unpaired) electrons. The SMILES string of the molecule is CNCCCC(=O)NCC(=O)Nc1cccnc1. The summed E-state index contributed by atoms with van der Waals surface area (Å²) in [6.07, 6.45) is 4.35. The van der Waals surface area contributed by atoms with Gasteiger partial charge < -0.3 is 16.0 Å². The minimum absolute atomic E-state index is 0.0206. The van der Waals surface area contributed by atoms with Gasteiger partial charge in [0, 0.05) is 12.6 Å². The molecule has 1 heterocycles. The Kier molecular flexibility index (Phi) is 6.42. The predicted molar refractivity (Wildman–Crippen MR) is 69.0 cm³/mol. The van der Waals surface area contributed by atoms with Gasteiger partial charge in [0.1, 0.15) is 0 Å². The van der Waals surface area contributed by atoms with Crippen LogP contribution in [0.25, 0.3) is 0 Å². The van der Waals surface area contributed by atoms with Gasteiger partial charge in [0.05, 0.1) is 18.4 Å². The molecule has 0 saturated heterocycles. The normalized spacial score (nSPS) is 9.83. The quantitative estimate of drug-likeness (QED) is 0.601. The lowest BCUT2D eigenvalue weighted by Crippen LogP contribution is -2.33. The van der Waals surface area contributed by atoms with Gasteiger partial charge in [0.15, 0.2) is 0 Å². The second kappa shape index (κ2) is 8.19. The zero-order valence-electron chi connectivity index (χ0n) is 10.4. The van der Waals surface area contributed by atoms with E-state index in [1.165, 1.54) is 0 Å².